The minimum absolute atomic E-state index is 0.0112. The molecule has 338 valence electrons. The molecule has 0 fully saturated rings. The maximum absolute atomic E-state index is 12.9. The van der Waals surface area contributed by atoms with E-state index in [2.05, 4.69) is 43.5 Å². The van der Waals surface area contributed by atoms with Gasteiger partial charge in [-0.05, 0) is 44.9 Å². The number of likely N-dealkylation sites (N-methyl/N-ethyl adjacent to an activating group) is 1. The number of nitrogens with one attached hydrogen (secondary N) is 1. The van der Waals surface area contributed by atoms with Gasteiger partial charge >= 0.3 is 0 Å². The van der Waals surface area contributed by atoms with Gasteiger partial charge in [0.15, 0.2) is 0 Å². The van der Waals surface area contributed by atoms with Crippen LogP contribution >= 0.6 is 7.82 Å². The molecular weight excluding hydrogens is 732 g/mol. The number of hydrogen-bond acceptors (Lipinski definition) is 6. The molecule has 0 heterocycles. The van der Waals surface area contributed by atoms with Crippen LogP contribution in [-0.4, -0.2) is 68.5 Å². The van der Waals surface area contributed by atoms with Gasteiger partial charge in [-0.15, -0.1) is 0 Å². The molecule has 0 aromatic rings. The van der Waals surface area contributed by atoms with Gasteiger partial charge in [-0.3, -0.25) is 9.36 Å². The summed E-state index contributed by atoms with van der Waals surface area (Å²) in [6.07, 6.45) is 47.5. The van der Waals surface area contributed by atoms with Crippen molar-refractivity contribution in [1.29, 1.82) is 0 Å². The van der Waals surface area contributed by atoms with E-state index in [1.165, 1.54) is 148 Å². The number of hydrogen-bond donors (Lipinski definition) is 2. The third kappa shape index (κ3) is 42.9. The number of aliphatic hydroxyl groups is 1. The van der Waals surface area contributed by atoms with Crippen LogP contribution in [0, 0.1) is 0 Å². The number of amides is 1. The summed E-state index contributed by atoms with van der Waals surface area (Å²) in [5.74, 6) is -0.172. The van der Waals surface area contributed by atoms with E-state index in [0.717, 1.165) is 51.4 Å². The molecular formula is C48H95N2O6P. The first kappa shape index (κ1) is 56.0. The van der Waals surface area contributed by atoms with Crippen molar-refractivity contribution in [3.63, 3.8) is 0 Å². The van der Waals surface area contributed by atoms with Crippen molar-refractivity contribution in [2.45, 2.75) is 238 Å². The summed E-state index contributed by atoms with van der Waals surface area (Å²) in [5.41, 5.74) is 0. The number of phosphoric ester groups is 1. The molecule has 8 nitrogen and oxygen atoms in total. The van der Waals surface area contributed by atoms with Crippen LogP contribution in [0.25, 0.3) is 0 Å². The highest BCUT2D eigenvalue weighted by Gasteiger charge is 2.24. The van der Waals surface area contributed by atoms with E-state index in [-0.39, 0.29) is 19.1 Å². The van der Waals surface area contributed by atoms with E-state index in [9.17, 15) is 19.4 Å². The van der Waals surface area contributed by atoms with Gasteiger partial charge in [0.1, 0.15) is 13.2 Å². The highest BCUT2D eigenvalue weighted by molar-refractivity contribution is 7.45. The number of carbonyl (C=O) groups excluding carboxylic acids is 1. The first-order valence-corrected chi connectivity index (χ1v) is 25.6. The molecule has 0 aromatic carbocycles. The second-order valence-corrected chi connectivity index (χ2v) is 19.2. The summed E-state index contributed by atoms with van der Waals surface area (Å²) in [5, 5.41) is 13.9. The van der Waals surface area contributed by atoms with Gasteiger partial charge in [-0.2, -0.15) is 0 Å². The van der Waals surface area contributed by atoms with Crippen LogP contribution in [0.1, 0.15) is 226 Å². The van der Waals surface area contributed by atoms with Crippen LogP contribution in [0.2, 0.25) is 0 Å². The average molecular weight is 827 g/mol. The Bertz CT molecular complexity index is 984. The zero-order valence-corrected chi connectivity index (χ0v) is 39.2. The van der Waals surface area contributed by atoms with Crippen LogP contribution in [0.15, 0.2) is 24.3 Å². The first-order valence-electron chi connectivity index (χ1n) is 24.2. The second-order valence-electron chi connectivity index (χ2n) is 17.8. The van der Waals surface area contributed by atoms with Gasteiger partial charge in [0.05, 0.1) is 39.9 Å². The van der Waals surface area contributed by atoms with Crippen molar-refractivity contribution in [3.8, 4) is 0 Å². The monoisotopic (exact) mass is 827 g/mol. The quantitative estimate of drug-likeness (QED) is 0.0274. The first-order chi connectivity index (χ1) is 27.5. The van der Waals surface area contributed by atoms with Crippen molar-refractivity contribution in [3.05, 3.63) is 24.3 Å². The van der Waals surface area contributed by atoms with Crippen LogP contribution in [0.3, 0.4) is 0 Å². The molecule has 0 aliphatic carbocycles. The summed E-state index contributed by atoms with van der Waals surface area (Å²) in [4.78, 5) is 25.4. The van der Waals surface area contributed by atoms with E-state index < -0.39 is 20.0 Å². The van der Waals surface area contributed by atoms with Crippen molar-refractivity contribution in [2.24, 2.45) is 0 Å². The molecule has 0 saturated carbocycles. The Labute approximate surface area is 354 Å². The minimum Gasteiger partial charge on any atom is -0.756 e. The van der Waals surface area contributed by atoms with Gasteiger partial charge < -0.3 is 28.8 Å². The van der Waals surface area contributed by atoms with Crippen LogP contribution < -0.4 is 10.2 Å². The van der Waals surface area contributed by atoms with Crippen LogP contribution in [-0.2, 0) is 18.4 Å². The molecule has 0 saturated heterocycles. The van der Waals surface area contributed by atoms with E-state index in [0.29, 0.717) is 23.9 Å². The molecule has 0 rings (SSSR count). The number of nitrogens with zero attached hydrogens (tertiary/aromatic N) is 1. The highest BCUT2D eigenvalue weighted by Crippen LogP contribution is 2.38. The Balaban J connectivity index is 4.31. The van der Waals surface area contributed by atoms with E-state index >= 15 is 0 Å². The molecule has 3 unspecified atom stereocenters. The second kappa shape index (κ2) is 40.4. The highest BCUT2D eigenvalue weighted by atomic mass is 31.2. The molecule has 0 bridgehead atoms. The Hall–Kier alpha value is -1.02. The van der Waals surface area contributed by atoms with Gasteiger partial charge in [0.25, 0.3) is 7.82 Å². The smallest absolute Gasteiger partial charge is 0.268 e. The minimum atomic E-state index is -4.57. The van der Waals surface area contributed by atoms with Crippen molar-refractivity contribution < 1.29 is 32.9 Å². The zero-order chi connectivity index (χ0) is 42.1. The Morgan fingerprint density at radius 2 is 1.02 bits per heavy atom. The van der Waals surface area contributed by atoms with Crippen LogP contribution in [0.5, 0.6) is 0 Å². The van der Waals surface area contributed by atoms with Gasteiger partial charge in [0, 0.05) is 6.42 Å². The lowest BCUT2D eigenvalue weighted by Crippen LogP contribution is -2.46. The van der Waals surface area contributed by atoms with Crippen LogP contribution in [0.4, 0.5) is 0 Å². The lowest BCUT2D eigenvalue weighted by molar-refractivity contribution is -0.870. The van der Waals surface area contributed by atoms with E-state index in [4.69, 9.17) is 9.05 Å². The third-order valence-corrected chi connectivity index (χ3v) is 11.9. The average Bonchev–Trinajstić information content (AvgIpc) is 3.16. The molecule has 0 radical (unpaired) electrons. The lowest BCUT2D eigenvalue weighted by atomic mass is 10.0. The van der Waals surface area contributed by atoms with Gasteiger partial charge in [-0.1, -0.05) is 199 Å². The summed E-state index contributed by atoms with van der Waals surface area (Å²) in [7, 11) is 1.30. The number of aliphatic hydroxyl groups excluding tert-OH is 1. The zero-order valence-electron chi connectivity index (χ0n) is 38.3. The Morgan fingerprint density at radius 3 is 1.49 bits per heavy atom. The fourth-order valence-electron chi connectivity index (χ4n) is 7.07. The molecule has 9 heteroatoms. The van der Waals surface area contributed by atoms with E-state index in [1.54, 1.807) is 0 Å². The number of phosphoric acid groups is 1. The molecule has 0 spiro atoms. The fourth-order valence-corrected chi connectivity index (χ4v) is 7.79. The SMILES string of the molecule is CCCCC/C=C\C/C=C\CCCCCCCCCC(=O)NC(COP(=O)([O-])OCC[N+](C)(C)C)C(O)CCCCCCCCCCCCCCCCCCCC. The Morgan fingerprint density at radius 1 is 0.614 bits per heavy atom. The van der Waals surface area contributed by atoms with Gasteiger partial charge in [0.2, 0.25) is 5.91 Å². The van der Waals surface area contributed by atoms with Crippen molar-refractivity contribution >= 4 is 13.7 Å². The molecule has 1 amide bonds. The summed E-state index contributed by atoms with van der Waals surface area (Å²) < 4.78 is 23.3. The van der Waals surface area contributed by atoms with E-state index in [1.807, 2.05) is 21.1 Å². The van der Waals surface area contributed by atoms with Crippen molar-refractivity contribution in [2.75, 3.05) is 40.9 Å². The molecule has 2 N–H and O–H groups in total. The summed E-state index contributed by atoms with van der Waals surface area (Å²) in [6, 6.07) is -0.802. The maximum Gasteiger partial charge on any atom is 0.268 e. The standard InChI is InChI=1S/C48H95N2O6P/c1-6-8-10-12-14-16-18-20-22-24-26-27-29-31-33-35-37-39-41-47(51)46(45-56-57(53,54)55-44-43-50(3,4)5)49-48(52)42-40-38-36-34-32-30-28-25-23-21-19-17-15-13-11-9-7-2/h15,17,21,23,46-47,51H,6-14,16,18-20,22,24-45H2,1-5H3,(H-,49,52,53,54)/b17-15-,23-21-. The number of rotatable bonds is 44. The summed E-state index contributed by atoms with van der Waals surface area (Å²) in [6.45, 7) is 4.70. The molecule has 57 heavy (non-hydrogen) atoms. The predicted molar refractivity (Wildman–Crippen MR) is 242 cm³/mol. The molecule has 0 aliphatic rings. The molecule has 0 aromatic heterocycles. The Kier molecular flexibility index (Phi) is 39.7. The number of unbranched alkanes of at least 4 members (excludes halogenated alkanes) is 27. The molecule has 3 atom stereocenters. The maximum atomic E-state index is 12.9. The number of allylic oxidation sites excluding steroid dienone is 4. The topological polar surface area (TPSA) is 108 Å². The third-order valence-electron chi connectivity index (χ3n) is 10.9. The largest absolute Gasteiger partial charge is 0.756 e. The van der Waals surface area contributed by atoms with Crippen molar-refractivity contribution in [1.82, 2.24) is 5.32 Å². The number of carbonyl (C=O) groups is 1. The van der Waals surface area contributed by atoms with Gasteiger partial charge in [-0.25, -0.2) is 0 Å². The predicted octanol–water partition coefficient (Wildman–Crippen LogP) is 13.1. The molecule has 0 aliphatic heterocycles. The lowest BCUT2D eigenvalue weighted by Gasteiger charge is -2.30. The fraction of sp³-hybridized carbons (Fsp3) is 0.896. The number of quaternary nitrogens is 1. The normalized spacial score (nSPS) is 14.4. The summed E-state index contributed by atoms with van der Waals surface area (Å²) >= 11 is 0.